The Labute approximate surface area is 186 Å². The quantitative estimate of drug-likeness (QED) is 0.363. The molecule has 31 heavy (non-hydrogen) atoms. The molecule has 0 N–H and O–H groups in total. The molecule has 0 aliphatic rings. The van der Waals surface area contributed by atoms with Gasteiger partial charge in [-0.1, -0.05) is 54.4 Å². The minimum absolute atomic E-state index is 0.259. The van der Waals surface area contributed by atoms with Crippen molar-refractivity contribution in [2.45, 2.75) is 60.4 Å². The smallest absolute Gasteiger partial charge is 0.140 e. The normalized spacial score (nSPS) is 12.0. The summed E-state index contributed by atoms with van der Waals surface area (Å²) in [6.45, 7) is 11.5. The number of ether oxygens (including phenoxy) is 1. The molecule has 0 amide bonds. The summed E-state index contributed by atoms with van der Waals surface area (Å²) in [5.41, 5.74) is 5.86. The summed E-state index contributed by atoms with van der Waals surface area (Å²) in [5, 5.41) is 0. The van der Waals surface area contributed by atoms with E-state index < -0.39 is 0 Å². The number of ketones is 1. The molecule has 1 heterocycles. The van der Waals surface area contributed by atoms with Crippen LogP contribution in [-0.4, -0.2) is 21.9 Å². The number of benzene rings is 2. The van der Waals surface area contributed by atoms with Gasteiger partial charge in [-0.05, 0) is 52.5 Å². The Hall–Kier alpha value is -2.88. The third-order valence-corrected chi connectivity index (χ3v) is 5.64. The van der Waals surface area contributed by atoms with Crippen LogP contribution in [0.15, 0.2) is 48.7 Å². The third kappa shape index (κ3) is 6.30. The summed E-state index contributed by atoms with van der Waals surface area (Å²) >= 11 is 0. The van der Waals surface area contributed by atoms with Crippen molar-refractivity contribution in [3.63, 3.8) is 0 Å². The molecule has 0 aliphatic heterocycles. The van der Waals surface area contributed by atoms with Gasteiger partial charge in [0.25, 0.3) is 0 Å². The largest absolute Gasteiger partial charge is 0.493 e. The van der Waals surface area contributed by atoms with E-state index in [1.54, 1.807) is 6.92 Å². The van der Waals surface area contributed by atoms with Crippen LogP contribution in [0.4, 0.5) is 0 Å². The highest BCUT2D eigenvalue weighted by atomic mass is 16.5. The number of aromatic nitrogens is 2. The lowest BCUT2D eigenvalue weighted by Crippen LogP contribution is -2.09. The van der Waals surface area contributed by atoms with Crippen molar-refractivity contribution in [2.24, 2.45) is 5.92 Å². The van der Waals surface area contributed by atoms with Crippen LogP contribution in [0.25, 0.3) is 11.4 Å². The molecule has 4 heteroatoms. The van der Waals surface area contributed by atoms with Crippen LogP contribution in [0.1, 0.15) is 55.5 Å². The molecule has 0 unspecified atom stereocenters. The molecule has 0 spiro atoms. The second-order valence-corrected chi connectivity index (χ2v) is 8.79. The number of Topliss-reactive ketones (excluding diaryl/α,β-unsaturated/α-hetero) is 1. The Bertz CT molecular complexity index is 1020. The maximum Gasteiger partial charge on any atom is 0.140 e. The number of nitrogens with zero attached hydrogens (tertiary/aromatic N) is 2. The first-order valence-electron chi connectivity index (χ1n) is 11.1. The Morgan fingerprint density at radius 2 is 1.77 bits per heavy atom. The molecule has 1 atom stereocenters. The number of carbonyl (C=O) groups is 1. The Kier molecular flexibility index (Phi) is 7.67. The summed E-state index contributed by atoms with van der Waals surface area (Å²) in [6.07, 6.45) is 4.53. The standard InChI is InChI=1S/C27H34N2O2/c1-19-8-11-24(12-9-19)27-28-17-22(4)29(27)18-25-16-21(3)10-13-26(25)31-14-6-7-20(2)15-23(5)30/h8-13,16-17,20H,6-7,14-15,18H2,1-5H3/t20-/m1/s1. The zero-order valence-electron chi connectivity index (χ0n) is 19.4. The monoisotopic (exact) mass is 418 g/mol. The molecule has 0 saturated carbocycles. The molecular weight excluding hydrogens is 384 g/mol. The topological polar surface area (TPSA) is 44.1 Å². The fraction of sp³-hybridized carbons (Fsp3) is 0.407. The van der Waals surface area contributed by atoms with E-state index in [2.05, 4.69) is 79.7 Å². The molecule has 3 rings (SSSR count). The summed E-state index contributed by atoms with van der Waals surface area (Å²) in [5.74, 6) is 2.56. The number of hydrogen-bond acceptors (Lipinski definition) is 3. The molecule has 3 aromatic rings. The van der Waals surface area contributed by atoms with Gasteiger partial charge in [-0.25, -0.2) is 4.98 Å². The van der Waals surface area contributed by atoms with E-state index in [9.17, 15) is 4.79 Å². The maximum atomic E-state index is 11.3. The lowest BCUT2D eigenvalue weighted by Gasteiger charge is -2.16. The first-order chi connectivity index (χ1) is 14.8. The number of carbonyl (C=O) groups excluding carboxylic acids is 1. The molecule has 0 aliphatic carbocycles. The molecule has 0 radical (unpaired) electrons. The number of hydrogen-bond donors (Lipinski definition) is 0. The van der Waals surface area contributed by atoms with Crippen LogP contribution >= 0.6 is 0 Å². The van der Waals surface area contributed by atoms with Gasteiger partial charge in [0, 0.05) is 29.4 Å². The van der Waals surface area contributed by atoms with Crippen LogP contribution in [0.5, 0.6) is 5.75 Å². The second kappa shape index (κ2) is 10.4. The molecule has 0 fully saturated rings. The minimum atomic E-state index is 0.259. The van der Waals surface area contributed by atoms with E-state index in [4.69, 9.17) is 4.74 Å². The summed E-state index contributed by atoms with van der Waals surface area (Å²) in [4.78, 5) is 15.9. The number of rotatable bonds is 10. The molecule has 1 aromatic heterocycles. The fourth-order valence-corrected chi connectivity index (χ4v) is 3.94. The zero-order chi connectivity index (χ0) is 22.4. The Morgan fingerprint density at radius 3 is 2.48 bits per heavy atom. The molecule has 2 aromatic carbocycles. The number of aryl methyl sites for hydroxylation is 3. The van der Waals surface area contributed by atoms with Gasteiger partial charge in [0.15, 0.2) is 0 Å². The minimum Gasteiger partial charge on any atom is -0.493 e. The highest BCUT2D eigenvalue weighted by Gasteiger charge is 2.13. The lowest BCUT2D eigenvalue weighted by atomic mass is 10.00. The van der Waals surface area contributed by atoms with E-state index in [1.807, 2.05) is 6.20 Å². The summed E-state index contributed by atoms with van der Waals surface area (Å²) < 4.78 is 8.43. The van der Waals surface area contributed by atoms with Gasteiger partial charge in [-0.3, -0.25) is 0 Å². The predicted octanol–water partition coefficient (Wildman–Crippen LogP) is 6.30. The van der Waals surface area contributed by atoms with Crippen molar-refractivity contribution in [3.8, 4) is 17.1 Å². The van der Waals surface area contributed by atoms with E-state index in [1.165, 1.54) is 11.1 Å². The average Bonchev–Trinajstić information content (AvgIpc) is 3.07. The van der Waals surface area contributed by atoms with E-state index in [0.29, 0.717) is 25.5 Å². The van der Waals surface area contributed by atoms with Crippen LogP contribution in [0, 0.1) is 26.7 Å². The molecule has 0 bridgehead atoms. The van der Waals surface area contributed by atoms with Crippen LogP contribution in [0.3, 0.4) is 0 Å². The molecule has 0 saturated heterocycles. The Balaban J connectivity index is 1.74. The van der Waals surface area contributed by atoms with Gasteiger partial charge >= 0.3 is 0 Å². The first-order valence-corrected chi connectivity index (χ1v) is 11.1. The van der Waals surface area contributed by atoms with E-state index in [-0.39, 0.29) is 5.78 Å². The summed E-state index contributed by atoms with van der Waals surface area (Å²) in [7, 11) is 0. The SMILES string of the molecule is CC(=O)C[C@H](C)CCCOc1ccc(C)cc1Cn1c(C)cnc1-c1ccc(C)cc1. The van der Waals surface area contributed by atoms with Gasteiger partial charge < -0.3 is 14.1 Å². The third-order valence-electron chi connectivity index (χ3n) is 5.64. The van der Waals surface area contributed by atoms with Crippen molar-refractivity contribution >= 4 is 5.78 Å². The van der Waals surface area contributed by atoms with Crippen molar-refractivity contribution in [3.05, 3.63) is 71.0 Å². The zero-order valence-corrected chi connectivity index (χ0v) is 19.4. The number of imidazole rings is 1. The molecule has 4 nitrogen and oxygen atoms in total. The van der Waals surface area contributed by atoms with Crippen molar-refractivity contribution in [1.82, 2.24) is 9.55 Å². The highest BCUT2D eigenvalue weighted by molar-refractivity contribution is 5.75. The van der Waals surface area contributed by atoms with E-state index >= 15 is 0 Å². The van der Waals surface area contributed by atoms with Crippen molar-refractivity contribution in [2.75, 3.05) is 6.61 Å². The van der Waals surface area contributed by atoms with Gasteiger partial charge in [-0.2, -0.15) is 0 Å². The maximum absolute atomic E-state index is 11.3. The second-order valence-electron chi connectivity index (χ2n) is 8.79. The Morgan fingerprint density at radius 1 is 1.06 bits per heavy atom. The molecule has 164 valence electrons. The summed E-state index contributed by atoms with van der Waals surface area (Å²) in [6, 6.07) is 14.9. The van der Waals surface area contributed by atoms with Gasteiger partial charge in [-0.15, -0.1) is 0 Å². The molecular formula is C27H34N2O2. The van der Waals surface area contributed by atoms with Gasteiger partial charge in [0.1, 0.15) is 17.4 Å². The van der Waals surface area contributed by atoms with Crippen LogP contribution < -0.4 is 4.74 Å². The highest BCUT2D eigenvalue weighted by Crippen LogP contribution is 2.26. The van der Waals surface area contributed by atoms with Gasteiger partial charge in [0.05, 0.1) is 13.2 Å². The van der Waals surface area contributed by atoms with Crippen molar-refractivity contribution < 1.29 is 9.53 Å². The van der Waals surface area contributed by atoms with Crippen LogP contribution in [0.2, 0.25) is 0 Å². The van der Waals surface area contributed by atoms with Gasteiger partial charge in [0.2, 0.25) is 0 Å². The van der Waals surface area contributed by atoms with Crippen molar-refractivity contribution in [1.29, 1.82) is 0 Å². The lowest BCUT2D eigenvalue weighted by molar-refractivity contribution is -0.117. The average molecular weight is 419 g/mol. The predicted molar refractivity (Wildman–Crippen MR) is 127 cm³/mol. The first kappa shape index (κ1) is 22.8. The fourth-order valence-electron chi connectivity index (χ4n) is 3.94. The van der Waals surface area contributed by atoms with E-state index in [0.717, 1.165) is 41.2 Å². The van der Waals surface area contributed by atoms with Crippen LogP contribution in [-0.2, 0) is 11.3 Å².